The van der Waals surface area contributed by atoms with E-state index in [0.29, 0.717) is 5.92 Å². The summed E-state index contributed by atoms with van der Waals surface area (Å²) in [7, 11) is 0. The molecule has 8 heteroatoms. The average molecular weight is 450 g/mol. The Hall–Kier alpha value is -1.08. The average Bonchev–Trinajstić information content (AvgIpc) is 3.09. The molecule has 25 heavy (non-hydrogen) atoms. The number of piperidine rings is 1. The number of nitrogens with one attached hydrogen (secondary N) is 1. The summed E-state index contributed by atoms with van der Waals surface area (Å²) in [5, 5.41) is 0. The number of hydrogen-bond donors (Lipinski definition) is 2. The molecule has 1 aliphatic rings. The first-order chi connectivity index (χ1) is 11.0. The molecule has 2 heterocycles. The minimum atomic E-state index is -0.998. The molecule has 138 valence electrons. The maximum Gasteiger partial charge on any atom is 0.246 e. The van der Waals surface area contributed by atoms with E-state index in [-0.39, 0.29) is 30.7 Å². The Morgan fingerprint density at radius 1 is 1.28 bits per heavy atom. The number of carbonyl (C=O) groups excluding carboxylic acids is 1. The fourth-order valence-electron chi connectivity index (χ4n) is 3.13. The number of nitrogens with zero attached hydrogens (tertiary/aromatic N) is 2. The van der Waals surface area contributed by atoms with Gasteiger partial charge < -0.3 is 15.6 Å². The number of likely N-dealkylation sites (tertiary alicyclic amines) is 1. The number of aromatic amines is 1. The smallest absolute Gasteiger partial charge is 0.246 e. The molecule has 1 unspecified atom stereocenters. The lowest BCUT2D eigenvalue weighted by Gasteiger charge is -2.36. The molecule has 1 aromatic heterocycles. The van der Waals surface area contributed by atoms with Crippen LogP contribution in [0.1, 0.15) is 36.9 Å². The number of carbonyl (C=O) groups is 1. The van der Waals surface area contributed by atoms with Crippen LogP contribution in [0.3, 0.4) is 0 Å². The molecule has 1 aromatic carbocycles. The SMILES string of the molecule is CC(N)(C(=O)N1CCC(c2cnc[nH]2)CC1)c1ccc(Br)cc1.Cl.Cl. The highest BCUT2D eigenvalue weighted by molar-refractivity contribution is 9.10. The van der Waals surface area contributed by atoms with Crippen LogP contribution in [0.5, 0.6) is 0 Å². The molecular formula is C17H23BrCl2N4O. The van der Waals surface area contributed by atoms with Crippen molar-refractivity contribution in [1.82, 2.24) is 14.9 Å². The molecule has 5 nitrogen and oxygen atoms in total. The minimum Gasteiger partial charge on any atom is -0.348 e. The molecule has 0 saturated carbocycles. The van der Waals surface area contributed by atoms with Gasteiger partial charge in [0.05, 0.1) is 6.33 Å². The first-order valence-electron chi connectivity index (χ1n) is 7.81. The lowest BCUT2D eigenvalue weighted by molar-refractivity contribution is -0.137. The Balaban J connectivity index is 0.00000156. The van der Waals surface area contributed by atoms with E-state index < -0.39 is 5.54 Å². The summed E-state index contributed by atoms with van der Waals surface area (Å²) >= 11 is 3.41. The Morgan fingerprint density at radius 2 is 1.88 bits per heavy atom. The van der Waals surface area contributed by atoms with Crippen LogP contribution in [0.15, 0.2) is 41.3 Å². The molecule has 0 spiro atoms. The Kier molecular flexibility index (Phi) is 7.93. The summed E-state index contributed by atoms with van der Waals surface area (Å²) in [6.07, 6.45) is 5.45. The van der Waals surface area contributed by atoms with Gasteiger partial charge in [-0.1, -0.05) is 28.1 Å². The van der Waals surface area contributed by atoms with Crippen molar-refractivity contribution in [1.29, 1.82) is 0 Å². The number of hydrogen-bond acceptors (Lipinski definition) is 3. The maximum atomic E-state index is 12.9. The summed E-state index contributed by atoms with van der Waals surface area (Å²) in [6.45, 7) is 3.25. The van der Waals surface area contributed by atoms with E-state index in [4.69, 9.17) is 5.73 Å². The topological polar surface area (TPSA) is 75.0 Å². The predicted octanol–water partition coefficient (Wildman–Crippen LogP) is 3.60. The van der Waals surface area contributed by atoms with Gasteiger partial charge in [0.25, 0.3) is 0 Å². The molecular weight excluding hydrogens is 427 g/mol. The molecule has 2 aromatic rings. The highest BCUT2D eigenvalue weighted by Crippen LogP contribution is 2.29. The van der Waals surface area contributed by atoms with Crippen molar-refractivity contribution in [3.63, 3.8) is 0 Å². The van der Waals surface area contributed by atoms with Crippen LogP contribution < -0.4 is 5.73 Å². The van der Waals surface area contributed by atoms with Crippen molar-refractivity contribution in [2.75, 3.05) is 13.1 Å². The fourth-order valence-corrected chi connectivity index (χ4v) is 3.40. The second-order valence-electron chi connectivity index (χ2n) is 6.28. The molecule has 1 atom stereocenters. The molecule has 1 saturated heterocycles. The third kappa shape index (κ3) is 4.76. The van der Waals surface area contributed by atoms with E-state index in [1.807, 2.05) is 35.4 Å². The zero-order valence-electron chi connectivity index (χ0n) is 13.9. The van der Waals surface area contributed by atoms with Gasteiger partial charge in [-0.05, 0) is 37.5 Å². The summed E-state index contributed by atoms with van der Waals surface area (Å²) in [5.74, 6) is 0.432. The monoisotopic (exact) mass is 448 g/mol. The van der Waals surface area contributed by atoms with Gasteiger partial charge in [0.2, 0.25) is 5.91 Å². The van der Waals surface area contributed by atoms with E-state index in [1.54, 1.807) is 13.3 Å². The first-order valence-corrected chi connectivity index (χ1v) is 8.60. The number of nitrogens with two attached hydrogens (primary N) is 1. The van der Waals surface area contributed by atoms with Crippen LogP contribution >= 0.6 is 40.7 Å². The molecule has 0 bridgehead atoms. The number of benzene rings is 1. The molecule has 3 N–H and O–H groups in total. The standard InChI is InChI=1S/C17H21BrN4O.2ClH/c1-17(19,13-2-4-14(18)5-3-13)16(23)22-8-6-12(7-9-22)15-10-20-11-21-15;;/h2-5,10-12H,6-9,19H2,1H3,(H,20,21);2*1H. The largest absolute Gasteiger partial charge is 0.348 e. The quantitative estimate of drug-likeness (QED) is 0.751. The lowest BCUT2D eigenvalue weighted by atomic mass is 9.89. The number of halogens is 3. The Bertz CT molecular complexity index is 668. The summed E-state index contributed by atoms with van der Waals surface area (Å²) in [6, 6.07) is 7.63. The lowest BCUT2D eigenvalue weighted by Crippen LogP contribution is -2.52. The van der Waals surface area contributed by atoms with Crippen LogP contribution in [0.4, 0.5) is 0 Å². The summed E-state index contributed by atoms with van der Waals surface area (Å²) < 4.78 is 0.977. The highest BCUT2D eigenvalue weighted by atomic mass is 79.9. The zero-order valence-corrected chi connectivity index (χ0v) is 17.2. The van der Waals surface area contributed by atoms with Crippen molar-refractivity contribution in [3.05, 3.63) is 52.5 Å². The van der Waals surface area contributed by atoms with Crippen LogP contribution in [0, 0.1) is 0 Å². The van der Waals surface area contributed by atoms with E-state index in [1.165, 1.54) is 0 Å². The molecule has 1 amide bonds. The molecule has 3 rings (SSSR count). The van der Waals surface area contributed by atoms with Crippen LogP contribution in [0.25, 0.3) is 0 Å². The van der Waals surface area contributed by atoms with Crippen molar-refractivity contribution in [3.8, 4) is 0 Å². The molecule has 0 aliphatic carbocycles. The highest BCUT2D eigenvalue weighted by Gasteiger charge is 2.36. The fraction of sp³-hybridized carbons (Fsp3) is 0.412. The number of rotatable bonds is 3. The Morgan fingerprint density at radius 3 is 2.40 bits per heavy atom. The predicted molar refractivity (Wildman–Crippen MR) is 107 cm³/mol. The van der Waals surface area contributed by atoms with Gasteiger partial charge in [0.1, 0.15) is 5.54 Å². The van der Waals surface area contributed by atoms with Gasteiger partial charge in [-0.25, -0.2) is 4.98 Å². The number of aromatic nitrogens is 2. The van der Waals surface area contributed by atoms with E-state index in [9.17, 15) is 4.79 Å². The van der Waals surface area contributed by atoms with Crippen molar-refractivity contribution < 1.29 is 4.79 Å². The van der Waals surface area contributed by atoms with Gasteiger partial charge in [0, 0.05) is 35.4 Å². The van der Waals surface area contributed by atoms with Crippen molar-refractivity contribution in [2.24, 2.45) is 5.73 Å². The zero-order chi connectivity index (χ0) is 16.4. The molecule has 1 fully saturated rings. The third-order valence-corrected chi connectivity index (χ3v) is 5.16. The molecule has 0 radical (unpaired) electrons. The van der Waals surface area contributed by atoms with Gasteiger partial charge in [0.15, 0.2) is 0 Å². The maximum absolute atomic E-state index is 12.9. The third-order valence-electron chi connectivity index (χ3n) is 4.63. The van der Waals surface area contributed by atoms with Gasteiger partial charge in [-0.3, -0.25) is 4.79 Å². The summed E-state index contributed by atoms with van der Waals surface area (Å²) in [5.41, 5.74) is 7.36. The van der Waals surface area contributed by atoms with E-state index in [0.717, 1.165) is 41.7 Å². The van der Waals surface area contributed by atoms with Crippen LogP contribution in [-0.4, -0.2) is 33.9 Å². The van der Waals surface area contributed by atoms with E-state index >= 15 is 0 Å². The molecule has 1 aliphatic heterocycles. The van der Waals surface area contributed by atoms with Gasteiger partial charge >= 0.3 is 0 Å². The first kappa shape index (κ1) is 22.0. The second-order valence-corrected chi connectivity index (χ2v) is 7.20. The van der Waals surface area contributed by atoms with Gasteiger partial charge in [-0.15, -0.1) is 24.8 Å². The minimum absolute atomic E-state index is 0. The Labute approximate surface area is 168 Å². The van der Waals surface area contributed by atoms with Gasteiger partial charge in [-0.2, -0.15) is 0 Å². The van der Waals surface area contributed by atoms with Crippen LogP contribution in [0.2, 0.25) is 0 Å². The van der Waals surface area contributed by atoms with E-state index in [2.05, 4.69) is 25.9 Å². The van der Waals surface area contributed by atoms with Crippen molar-refractivity contribution >= 4 is 46.7 Å². The summed E-state index contributed by atoms with van der Waals surface area (Å²) in [4.78, 5) is 22.0. The van der Waals surface area contributed by atoms with Crippen LogP contribution in [-0.2, 0) is 10.3 Å². The normalized spacial score (nSPS) is 17.2. The number of imidazole rings is 1. The number of amides is 1. The van der Waals surface area contributed by atoms with Crippen molar-refractivity contribution in [2.45, 2.75) is 31.2 Å². The second kappa shape index (κ2) is 9.03. The number of H-pyrrole nitrogens is 1.